The minimum atomic E-state index is -1.69. The Morgan fingerprint density at radius 2 is 1.64 bits per heavy atom. The number of hydrogen-bond acceptors (Lipinski definition) is 2. The lowest BCUT2D eigenvalue weighted by Crippen LogP contribution is -2.20. The minimum Gasteiger partial charge on any atom is -0.378 e. The normalized spacial score (nSPS) is 14.1. The van der Waals surface area contributed by atoms with E-state index in [0.29, 0.717) is 5.02 Å². The lowest BCUT2D eigenvalue weighted by atomic mass is 10.4. The number of aliphatic hydroxyl groups excluding tert-OH is 1. The summed E-state index contributed by atoms with van der Waals surface area (Å²) in [5.41, 5.74) is -1.10. The first-order valence-corrected chi connectivity index (χ1v) is 5.96. The molecule has 1 aromatic carbocycles. The fourth-order valence-corrected chi connectivity index (χ4v) is 1.92. The summed E-state index contributed by atoms with van der Waals surface area (Å²) in [7, 11) is 0. The molecule has 0 aliphatic heterocycles. The van der Waals surface area contributed by atoms with Crippen molar-refractivity contribution < 1.29 is 5.11 Å². The third-order valence-corrected chi connectivity index (χ3v) is 3.72. The van der Waals surface area contributed by atoms with E-state index < -0.39 is 9.23 Å². The molecule has 1 atom stereocenters. The van der Waals surface area contributed by atoms with Crippen molar-refractivity contribution in [2.75, 3.05) is 0 Å². The average Bonchev–Trinajstić information content (AvgIpc) is 2.07. The van der Waals surface area contributed by atoms with Gasteiger partial charge < -0.3 is 5.11 Å². The van der Waals surface area contributed by atoms with E-state index in [1.54, 1.807) is 24.3 Å². The molecule has 1 rings (SSSR count). The van der Waals surface area contributed by atoms with Gasteiger partial charge in [0.1, 0.15) is 0 Å². The van der Waals surface area contributed by atoms with E-state index in [4.69, 9.17) is 46.4 Å². The first-order valence-electron chi connectivity index (χ1n) is 3.56. The molecule has 0 fully saturated rings. The summed E-state index contributed by atoms with van der Waals surface area (Å²) in [5, 5.41) is 10.1. The third-order valence-electron chi connectivity index (χ3n) is 1.34. The Morgan fingerprint density at radius 1 is 1.14 bits per heavy atom. The highest BCUT2D eigenvalue weighted by Gasteiger charge is 2.31. The summed E-state index contributed by atoms with van der Waals surface area (Å²) < 4.78 is -1.69. The predicted molar refractivity (Wildman–Crippen MR) is 63.6 cm³/mol. The number of halogens is 4. The molecule has 0 saturated carbocycles. The molecule has 0 spiro atoms. The Morgan fingerprint density at radius 3 is 2.07 bits per heavy atom. The van der Waals surface area contributed by atoms with E-state index in [9.17, 15) is 5.11 Å². The van der Waals surface area contributed by atoms with Gasteiger partial charge in [-0.05, 0) is 24.3 Å². The second kappa shape index (κ2) is 5.15. The molecule has 1 N–H and O–H groups in total. The predicted octanol–water partition coefficient (Wildman–Crippen LogP) is 4.12. The van der Waals surface area contributed by atoms with Gasteiger partial charge in [-0.1, -0.05) is 58.2 Å². The van der Waals surface area contributed by atoms with Crippen molar-refractivity contribution in [3.05, 3.63) is 29.3 Å². The number of hydrogen-bond donors (Lipinski definition) is 1. The van der Waals surface area contributed by atoms with Crippen molar-refractivity contribution in [1.29, 1.82) is 0 Å². The van der Waals surface area contributed by atoms with Crippen LogP contribution in [-0.4, -0.2) is 14.3 Å². The van der Waals surface area contributed by atoms with Gasteiger partial charge in [0, 0.05) is 9.92 Å². The average molecular weight is 292 g/mol. The maximum absolute atomic E-state index is 9.44. The van der Waals surface area contributed by atoms with Crippen LogP contribution in [-0.2, 0) is 0 Å². The van der Waals surface area contributed by atoms with Crippen LogP contribution >= 0.6 is 58.2 Å². The molecule has 1 nitrogen and oxygen atoms in total. The number of benzene rings is 1. The highest BCUT2D eigenvalue weighted by molar-refractivity contribution is 8.00. The Hall–Kier alpha value is 0.690. The third kappa shape index (κ3) is 4.05. The van der Waals surface area contributed by atoms with E-state index in [0.717, 1.165) is 16.7 Å². The van der Waals surface area contributed by atoms with E-state index in [1.165, 1.54) is 0 Å². The van der Waals surface area contributed by atoms with Crippen molar-refractivity contribution in [3.63, 3.8) is 0 Å². The Kier molecular flexibility index (Phi) is 4.69. The zero-order valence-corrected chi connectivity index (χ0v) is 10.6. The van der Waals surface area contributed by atoms with Crippen LogP contribution in [0.2, 0.25) is 5.02 Å². The van der Waals surface area contributed by atoms with Crippen molar-refractivity contribution in [3.8, 4) is 0 Å². The largest absolute Gasteiger partial charge is 0.378 e. The number of alkyl halides is 3. The van der Waals surface area contributed by atoms with Gasteiger partial charge >= 0.3 is 0 Å². The SMILES string of the molecule is OC(Sc1ccc(Cl)cc1)C(Cl)(Cl)Cl. The van der Waals surface area contributed by atoms with E-state index in [1.807, 2.05) is 0 Å². The molecule has 14 heavy (non-hydrogen) atoms. The molecule has 0 bridgehead atoms. The molecule has 1 aromatic rings. The van der Waals surface area contributed by atoms with Gasteiger partial charge in [-0.15, -0.1) is 0 Å². The molecule has 1 unspecified atom stereocenters. The summed E-state index contributed by atoms with van der Waals surface area (Å²) in [6.45, 7) is 0. The number of thioether (sulfide) groups is 1. The van der Waals surface area contributed by atoms with Crippen LogP contribution in [0, 0.1) is 0 Å². The highest BCUT2D eigenvalue weighted by atomic mass is 35.6. The summed E-state index contributed by atoms with van der Waals surface area (Å²) >= 11 is 23.2. The Bertz CT molecular complexity index is 295. The summed E-state index contributed by atoms with van der Waals surface area (Å²) in [4.78, 5) is 0.785. The van der Waals surface area contributed by atoms with Crippen LogP contribution in [0.25, 0.3) is 0 Å². The quantitative estimate of drug-likeness (QED) is 0.502. The lowest BCUT2D eigenvalue weighted by molar-refractivity contribution is 0.268. The van der Waals surface area contributed by atoms with Crippen LogP contribution in [0.4, 0.5) is 0 Å². The van der Waals surface area contributed by atoms with Crippen LogP contribution in [0.1, 0.15) is 0 Å². The first-order chi connectivity index (χ1) is 6.39. The first kappa shape index (κ1) is 12.8. The minimum absolute atomic E-state index is 0.623. The van der Waals surface area contributed by atoms with E-state index >= 15 is 0 Å². The smallest absolute Gasteiger partial charge is 0.225 e. The summed E-state index contributed by atoms with van der Waals surface area (Å²) in [6.07, 6.45) is 0. The highest BCUT2D eigenvalue weighted by Crippen LogP contribution is 2.39. The van der Waals surface area contributed by atoms with Gasteiger partial charge in [-0.25, -0.2) is 0 Å². The molecule has 0 aromatic heterocycles. The zero-order chi connectivity index (χ0) is 10.8. The van der Waals surface area contributed by atoms with Crippen molar-refractivity contribution in [1.82, 2.24) is 0 Å². The molecule has 0 amide bonds. The number of rotatable bonds is 2. The Balaban J connectivity index is 2.65. The topological polar surface area (TPSA) is 20.2 Å². The fraction of sp³-hybridized carbons (Fsp3) is 0.250. The van der Waals surface area contributed by atoms with Crippen LogP contribution in [0.5, 0.6) is 0 Å². The van der Waals surface area contributed by atoms with Gasteiger partial charge in [-0.2, -0.15) is 0 Å². The van der Waals surface area contributed by atoms with Gasteiger partial charge in [0.25, 0.3) is 0 Å². The van der Waals surface area contributed by atoms with Crippen LogP contribution in [0.15, 0.2) is 29.2 Å². The van der Waals surface area contributed by atoms with Crippen LogP contribution < -0.4 is 0 Å². The second-order valence-electron chi connectivity index (χ2n) is 2.47. The van der Waals surface area contributed by atoms with Crippen LogP contribution in [0.3, 0.4) is 0 Å². The standard InChI is InChI=1S/C8H6Cl4OS/c9-5-1-3-6(4-2-5)14-7(13)8(10,11)12/h1-4,7,13H. The molecular weight excluding hydrogens is 286 g/mol. The van der Waals surface area contributed by atoms with Gasteiger partial charge in [0.15, 0.2) is 5.44 Å². The molecule has 0 aliphatic carbocycles. The molecule has 0 heterocycles. The Labute approximate surface area is 106 Å². The molecule has 6 heteroatoms. The maximum atomic E-state index is 9.44. The van der Waals surface area contributed by atoms with Crippen molar-refractivity contribution in [2.45, 2.75) is 14.1 Å². The molecule has 0 aliphatic rings. The van der Waals surface area contributed by atoms with Gasteiger partial charge in [0.05, 0.1) is 0 Å². The van der Waals surface area contributed by atoms with Crippen molar-refractivity contribution >= 4 is 58.2 Å². The fourth-order valence-electron chi connectivity index (χ4n) is 0.709. The second-order valence-corrected chi connectivity index (χ2v) is 6.42. The molecule has 0 radical (unpaired) electrons. The molecule has 0 saturated heterocycles. The summed E-state index contributed by atoms with van der Waals surface area (Å²) in [6, 6.07) is 6.89. The van der Waals surface area contributed by atoms with Gasteiger partial charge in [0.2, 0.25) is 3.79 Å². The lowest BCUT2D eigenvalue weighted by Gasteiger charge is -2.17. The summed E-state index contributed by atoms with van der Waals surface area (Å²) in [5.74, 6) is 0. The van der Waals surface area contributed by atoms with Gasteiger partial charge in [-0.3, -0.25) is 0 Å². The molecular formula is C8H6Cl4OS. The maximum Gasteiger partial charge on any atom is 0.225 e. The van der Waals surface area contributed by atoms with E-state index in [-0.39, 0.29) is 0 Å². The number of aliphatic hydroxyl groups is 1. The zero-order valence-electron chi connectivity index (χ0n) is 6.75. The van der Waals surface area contributed by atoms with E-state index in [2.05, 4.69) is 0 Å². The monoisotopic (exact) mass is 290 g/mol. The molecule has 78 valence electrons. The van der Waals surface area contributed by atoms with Crippen molar-refractivity contribution in [2.24, 2.45) is 0 Å².